The lowest BCUT2D eigenvalue weighted by Crippen LogP contribution is -2.01. The number of hydrogen-bond donors (Lipinski definition) is 0. The van der Waals surface area contributed by atoms with Gasteiger partial charge in [0.1, 0.15) is 0 Å². The first-order chi connectivity index (χ1) is 25.3. The van der Waals surface area contributed by atoms with Gasteiger partial charge in [0.05, 0.1) is 0 Å². The van der Waals surface area contributed by atoms with E-state index in [0.717, 1.165) is 0 Å². The van der Waals surface area contributed by atoms with Gasteiger partial charge < -0.3 is 0 Å². The van der Waals surface area contributed by atoms with Crippen LogP contribution in [0.3, 0.4) is 0 Å². The summed E-state index contributed by atoms with van der Waals surface area (Å²) in [5.41, 5.74) is 0. The zero-order valence-corrected chi connectivity index (χ0v) is 38.5. The predicted molar refractivity (Wildman–Crippen MR) is 246 cm³/mol. The van der Waals surface area contributed by atoms with E-state index in [1.807, 2.05) is 0 Å². The fourth-order valence-electron chi connectivity index (χ4n) is 8.08. The molecule has 0 aromatic rings. The van der Waals surface area contributed by atoms with Crippen molar-refractivity contribution in [3.63, 3.8) is 0 Å². The molecule has 2 heteroatoms. The summed E-state index contributed by atoms with van der Waals surface area (Å²) in [6.07, 6.45) is 66.0. The summed E-state index contributed by atoms with van der Waals surface area (Å²) < 4.78 is 0. The Morgan fingerprint density at radius 2 is 0.314 bits per heavy atom. The molecule has 0 heterocycles. The maximum absolute atomic E-state index is 2.34. The fourth-order valence-corrected chi connectivity index (χ4v) is 15.7. The monoisotopic (exact) mass is 753 g/mol. The predicted octanol–water partition coefficient (Wildman–Crippen LogP) is 19.6. The van der Waals surface area contributed by atoms with E-state index in [4.69, 9.17) is 0 Å². The molecule has 0 rings (SSSR count). The van der Waals surface area contributed by atoms with Crippen molar-refractivity contribution in [3.8, 4) is 0 Å². The van der Waals surface area contributed by atoms with Crippen molar-refractivity contribution in [2.24, 2.45) is 0 Å². The molecule has 0 atom stereocenters. The lowest BCUT2D eigenvalue weighted by Gasteiger charge is -2.25. The van der Waals surface area contributed by atoms with Gasteiger partial charge in [-0.3, -0.25) is 0 Å². The van der Waals surface area contributed by atoms with Gasteiger partial charge in [0.2, 0.25) is 0 Å². The highest BCUT2D eigenvalue weighted by atomic mass is 31.2. The van der Waals surface area contributed by atoms with Gasteiger partial charge >= 0.3 is 0 Å². The Labute approximate surface area is 329 Å². The summed E-state index contributed by atoms with van der Waals surface area (Å²) >= 11 is 0. The smallest absolute Gasteiger partial charge is 0.0120 e. The Morgan fingerprint density at radius 3 is 0.471 bits per heavy atom. The van der Waals surface area contributed by atoms with Gasteiger partial charge in [-0.2, -0.15) is 0 Å². The molecule has 308 valence electrons. The third-order valence-electron chi connectivity index (χ3n) is 11.7. The fraction of sp³-hybridized carbons (Fsp3) is 1.00. The molecule has 0 radical (unpaired) electrons. The lowest BCUT2D eigenvalue weighted by molar-refractivity contribution is 0.561. The van der Waals surface area contributed by atoms with Crippen LogP contribution in [-0.2, 0) is 0 Å². The molecule has 0 fully saturated rings. The second-order valence-corrected chi connectivity index (χ2v) is 22.7. The molecule has 0 amide bonds. The Bertz CT molecular complexity index is 493. The topological polar surface area (TPSA) is 0 Å². The number of unbranched alkanes of at least 4 members (excludes halogenated alkanes) is 36. The molecule has 0 bridgehead atoms. The third kappa shape index (κ3) is 43.5. The largest absolute Gasteiger partial charge is 0.102 e. The molecule has 0 aliphatic heterocycles. The lowest BCUT2D eigenvalue weighted by atomic mass is 10.1. The molecule has 0 nitrogen and oxygen atoms in total. The molecule has 0 N–H and O–H groups in total. The van der Waals surface area contributed by atoms with E-state index in [0.29, 0.717) is 0 Å². The standard InChI is InChI=1S/C49H102P2/c1-5-9-13-17-21-25-29-33-37-41-45-50(46-42-38-34-30-26-22-18-14-10-6-2)49-51(47-43-39-35-31-27-23-19-15-11-7-3)48-44-40-36-32-28-24-20-16-12-8-4/h5-49H2,1-4H3. The zero-order chi connectivity index (χ0) is 37.0. The van der Waals surface area contributed by atoms with Gasteiger partial charge in [-0.15, -0.1) is 15.8 Å². The highest BCUT2D eigenvalue weighted by molar-refractivity contribution is 7.74. The van der Waals surface area contributed by atoms with E-state index in [-0.39, 0.29) is 15.8 Å². The minimum atomic E-state index is 0.284. The second kappa shape index (κ2) is 47.0. The molecular weight excluding hydrogens is 650 g/mol. The summed E-state index contributed by atoms with van der Waals surface area (Å²) in [6, 6.07) is 0. The SMILES string of the molecule is CCCCCCCCCCCCP(CCCCCCCCCCCC)CP(CCCCCCCCCCCC)CCCCCCCCCCCC. The van der Waals surface area contributed by atoms with Crippen molar-refractivity contribution in [1.82, 2.24) is 0 Å². The van der Waals surface area contributed by atoms with Crippen LogP contribution < -0.4 is 0 Å². The van der Waals surface area contributed by atoms with Gasteiger partial charge in [0.25, 0.3) is 0 Å². The van der Waals surface area contributed by atoms with Crippen LogP contribution in [0.1, 0.15) is 285 Å². The van der Waals surface area contributed by atoms with Crippen molar-refractivity contribution in [3.05, 3.63) is 0 Å². The van der Waals surface area contributed by atoms with Gasteiger partial charge in [0.15, 0.2) is 0 Å². The maximum Gasteiger partial charge on any atom is -0.0120 e. The second-order valence-electron chi connectivity index (χ2n) is 17.1. The number of rotatable bonds is 46. The Morgan fingerprint density at radius 1 is 0.176 bits per heavy atom. The van der Waals surface area contributed by atoms with Crippen molar-refractivity contribution >= 4 is 15.8 Å². The highest BCUT2D eigenvalue weighted by Gasteiger charge is 2.16. The summed E-state index contributed by atoms with van der Waals surface area (Å²) in [5, 5.41) is 0. The first-order valence-corrected chi connectivity index (χ1v) is 28.5. The van der Waals surface area contributed by atoms with Gasteiger partial charge in [0, 0.05) is 0 Å². The van der Waals surface area contributed by atoms with Crippen LogP contribution in [-0.4, -0.2) is 30.6 Å². The maximum atomic E-state index is 2.34. The molecule has 0 unspecified atom stereocenters. The van der Waals surface area contributed by atoms with Crippen LogP contribution in [0, 0.1) is 0 Å². The number of hydrogen-bond acceptors (Lipinski definition) is 0. The molecule has 0 aromatic carbocycles. The molecule has 51 heavy (non-hydrogen) atoms. The van der Waals surface area contributed by atoms with Crippen LogP contribution in [0.15, 0.2) is 0 Å². The third-order valence-corrected chi connectivity index (χ3v) is 18.7. The van der Waals surface area contributed by atoms with Crippen LogP contribution in [0.25, 0.3) is 0 Å². The minimum Gasteiger partial charge on any atom is -0.102 e. The van der Waals surface area contributed by atoms with Crippen molar-refractivity contribution in [1.29, 1.82) is 0 Å². The Balaban J connectivity index is 4.75. The van der Waals surface area contributed by atoms with E-state index >= 15 is 0 Å². The van der Waals surface area contributed by atoms with Crippen LogP contribution in [0.4, 0.5) is 0 Å². The van der Waals surface area contributed by atoms with Gasteiger partial charge in [-0.25, -0.2) is 0 Å². The van der Waals surface area contributed by atoms with Gasteiger partial charge in [-0.05, 0) is 56.2 Å². The first-order valence-electron chi connectivity index (χ1n) is 24.7. The summed E-state index contributed by atoms with van der Waals surface area (Å²) in [7, 11) is 0.568. The summed E-state index contributed by atoms with van der Waals surface area (Å²) in [5.74, 6) is 1.70. The Kier molecular flexibility index (Phi) is 47.8. The summed E-state index contributed by atoms with van der Waals surface area (Å²) in [6.45, 7) is 9.35. The van der Waals surface area contributed by atoms with Crippen molar-refractivity contribution in [2.45, 2.75) is 285 Å². The molecule has 0 saturated carbocycles. The quantitative estimate of drug-likeness (QED) is 0.0429. The van der Waals surface area contributed by atoms with E-state index < -0.39 is 0 Å². The average Bonchev–Trinajstić information content (AvgIpc) is 3.14. The summed E-state index contributed by atoms with van der Waals surface area (Å²) in [4.78, 5) is 0. The van der Waals surface area contributed by atoms with E-state index in [9.17, 15) is 0 Å². The van der Waals surface area contributed by atoms with E-state index in [2.05, 4.69) is 27.7 Å². The first kappa shape index (κ1) is 51.9. The average molecular weight is 753 g/mol. The van der Waals surface area contributed by atoms with Gasteiger partial charge in [-0.1, -0.05) is 259 Å². The van der Waals surface area contributed by atoms with Crippen molar-refractivity contribution < 1.29 is 0 Å². The van der Waals surface area contributed by atoms with Crippen LogP contribution in [0.5, 0.6) is 0 Å². The van der Waals surface area contributed by atoms with E-state index in [1.54, 1.807) is 56.2 Å². The highest BCUT2D eigenvalue weighted by Crippen LogP contribution is 2.53. The molecule has 0 aliphatic carbocycles. The van der Waals surface area contributed by atoms with E-state index in [1.165, 1.54) is 231 Å². The minimum absolute atomic E-state index is 0.284. The Hall–Kier alpha value is 0.860. The zero-order valence-electron chi connectivity index (χ0n) is 36.7. The molecule has 0 spiro atoms. The van der Waals surface area contributed by atoms with Crippen LogP contribution in [0.2, 0.25) is 0 Å². The van der Waals surface area contributed by atoms with Crippen molar-refractivity contribution in [2.75, 3.05) is 30.6 Å². The molecule has 0 aromatic heterocycles. The molecule has 0 aliphatic rings. The molecular formula is C49H102P2. The molecule has 0 saturated heterocycles. The normalized spacial score (nSPS) is 11.9. The van der Waals surface area contributed by atoms with Crippen LogP contribution >= 0.6 is 15.8 Å².